The van der Waals surface area contributed by atoms with Gasteiger partial charge >= 0.3 is 5.97 Å². The molecule has 1 aromatic rings. The number of carbonyl (C=O) groups excluding carboxylic acids is 1. The van der Waals surface area contributed by atoms with Crippen molar-refractivity contribution in [2.75, 3.05) is 5.32 Å². The first-order valence-corrected chi connectivity index (χ1v) is 7.02. The van der Waals surface area contributed by atoms with Crippen LogP contribution in [0.2, 0.25) is 0 Å². The van der Waals surface area contributed by atoms with E-state index in [2.05, 4.69) is 21.2 Å². The summed E-state index contributed by atoms with van der Waals surface area (Å²) in [7, 11) is 0. The number of nitrogens with one attached hydrogen (secondary N) is 1. The van der Waals surface area contributed by atoms with Crippen molar-refractivity contribution in [3.63, 3.8) is 0 Å². The highest BCUT2D eigenvalue weighted by Crippen LogP contribution is 2.30. The molecule has 2 N–H and O–H groups in total. The lowest BCUT2D eigenvalue weighted by Gasteiger charge is -2.25. The van der Waals surface area contributed by atoms with Crippen LogP contribution >= 0.6 is 15.9 Å². The number of amides is 1. The van der Waals surface area contributed by atoms with Crippen molar-refractivity contribution in [2.24, 2.45) is 5.41 Å². The van der Waals surface area contributed by atoms with Gasteiger partial charge < -0.3 is 10.4 Å². The van der Waals surface area contributed by atoms with Crippen molar-refractivity contribution < 1.29 is 19.1 Å². The third-order valence-electron chi connectivity index (χ3n) is 3.22. The van der Waals surface area contributed by atoms with E-state index in [9.17, 15) is 14.0 Å². The number of rotatable bonds is 6. The van der Waals surface area contributed by atoms with E-state index < -0.39 is 23.1 Å². The second kappa shape index (κ2) is 6.83. The Bertz CT molecular complexity index is 521. The quantitative estimate of drug-likeness (QED) is 0.823. The highest BCUT2D eigenvalue weighted by Gasteiger charge is 2.28. The van der Waals surface area contributed by atoms with Crippen LogP contribution in [0.25, 0.3) is 0 Å². The number of carboxylic acid groups (broad SMARTS) is 1. The van der Waals surface area contributed by atoms with Gasteiger partial charge in [0.05, 0.1) is 12.1 Å². The van der Waals surface area contributed by atoms with E-state index in [-0.39, 0.29) is 18.5 Å². The minimum absolute atomic E-state index is 0.0330. The summed E-state index contributed by atoms with van der Waals surface area (Å²) in [4.78, 5) is 22.7. The Morgan fingerprint density at radius 2 is 2.05 bits per heavy atom. The lowest BCUT2D eigenvalue weighted by Crippen LogP contribution is -2.27. The number of hydrogen-bond donors (Lipinski definition) is 2. The first-order chi connectivity index (χ1) is 9.25. The van der Waals surface area contributed by atoms with Gasteiger partial charge in [-0.1, -0.05) is 29.8 Å². The summed E-state index contributed by atoms with van der Waals surface area (Å²) in [5.41, 5.74) is -0.547. The van der Waals surface area contributed by atoms with Gasteiger partial charge in [0.25, 0.3) is 0 Å². The smallest absolute Gasteiger partial charge is 0.303 e. The molecule has 1 atom stereocenters. The number of carboxylic acids is 1. The van der Waals surface area contributed by atoms with Gasteiger partial charge in [0.15, 0.2) is 0 Å². The van der Waals surface area contributed by atoms with E-state index in [0.29, 0.717) is 10.9 Å². The van der Waals surface area contributed by atoms with Crippen LogP contribution in [0.1, 0.15) is 33.1 Å². The Labute approximate surface area is 125 Å². The van der Waals surface area contributed by atoms with Crippen LogP contribution in [0.15, 0.2) is 22.7 Å². The van der Waals surface area contributed by atoms with Crippen LogP contribution in [0, 0.1) is 11.2 Å². The molecule has 20 heavy (non-hydrogen) atoms. The molecule has 0 spiro atoms. The van der Waals surface area contributed by atoms with E-state index in [4.69, 9.17) is 5.11 Å². The second-order valence-electron chi connectivity index (χ2n) is 5.08. The number of carbonyl (C=O) groups is 2. The fourth-order valence-corrected chi connectivity index (χ4v) is 2.18. The predicted molar refractivity (Wildman–Crippen MR) is 78.0 cm³/mol. The molecular formula is C14H17BrFNO3. The fourth-order valence-electron chi connectivity index (χ4n) is 1.85. The first-order valence-electron chi connectivity index (χ1n) is 6.22. The maximum atomic E-state index is 13.6. The Morgan fingerprint density at radius 1 is 1.40 bits per heavy atom. The summed E-state index contributed by atoms with van der Waals surface area (Å²) in [6.45, 7) is 3.56. The summed E-state index contributed by atoms with van der Waals surface area (Å²) < 4.78 is 14.2. The minimum Gasteiger partial charge on any atom is -0.481 e. The summed E-state index contributed by atoms with van der Waals surface area (Å²) in [5.74, 6) is -1.88. The van der Waals surface area contributed by atoms with Gasteiger partial charge in [-0.05, 0) is 30.0 Å². The molecule has 1 unspecified atom stereocenters. The van der Waals surface area contributed by atoms with Crippen molar-refractivity contribution in [3.05, 3.63) is 28.5 Å². The largest absolute Gasteiger partial charge is 0.481 e. The Morgan fingerprint density at radius 3 is 2.55 bits per heavy atom. The number of aliphatic carboxylic acids is 1. The van der Waals surface area contributed by atoms with Gasteiger partial charge in [-0.3, -0.25) is 9.59 Å². The molecule has 0 fully saturated rings. The lowest BCUT2D eigenvalue weighted by molar-refractivity contribution is -0.140. The topological polar surface area (TPSA) is 66.4 Å². The average Bonchev–Trinajstić information content (AvgIpc) is 2.31. The van der Waals surface area contributed by atoms with Crippen molar-refractivity contribution >= 4 is 33.5 Å². The Hall–Kier alpha value is -1.43. The molecule has 1 aromatic carbocycles. The minimum atomic E-state index is -0.947. The van der Waals surface area contributed by atoms with Crippen LogP contribution in [-0.4, -0.2) is 17.0 Å². The van der Waals surface area contributed by atoms with Crippen LogP contribution in [-0.2, 0) is 9.59 Å². The van der Waals surface area contributed by atoms with Crippen LogP contribution in [0.5, 0.6) is 0 Å². The monoisotopic (exact) mass is 345 g/mol. The van der Waals surface area contributed by atoms with Crippen LogP contribution < -0.4 is 5.32 Å². The SMILES string of the molecule is CCC(C)(CC(=O)O)CC(=O)Nc1ccc(Br)cc1F. The molecule has 0 radical (unpaired) electrons. The molecule has 4 nitrogen and oxygen atoms in total. The summed E-state index contributed by atoms with van der Waals surface area (Å²) in [6, 6.07) is 4.33. The molecule has 0 heterocycles. The van der Waals surface area contributed by atoms with Crippen molar-refractivity contribution in [2.45, 2.75) is 33.1 Å². The molecule has 1 amide bonds. The van der Waals surface area contributed by atoms with E-state index in [1.807, 2.05) is 6.92 Å². The van der Waals surface area contributed by atoms with Gasteiger partial charge in [0.2, 0.25) is 5.91 Å². The molecule has 0 bridgehead atoms. The zero-order valence-electron chi connectivity index (χ0n) is 11.4. The molecule has 110 valence electrons. The zero-order valence-corrected chi connectivity index (χ0v) is 13.0. The third-order valence-corrected chi connectivity index (χ3v) is 3.72. The summed E-state index contributed by atoms with van der Waals surface area (Å²) in [6.07, 6.45) is 0.487. The molecule has 0 aromatic heterocycles. The second-order valence-corrected chi connectivity index (χ2v) is 6.00. The van der Waals surface area contributed by atoms with Gasteiger partial charge in [0.1, 0.15) is 5.82 Å². The van der Waals surface area contributed by atoms with Gasteiger partial charge in [-0.25, -0.2) is 4.39 Å². The molecule has 0 aliphatic rings. The molecule has 0 aliphatic heterocycles. The van der Waals surface area contributed by atoms with Gasteiger partial charge in [-0.15, -0.1) is 0 Å². The molecule has 0 saturated heterocycles. The lowest BCUT2D eigenvalue weighted by atomic mass is 9.80. The molecule has 0 saturated carbocycles. The van der Waals surface area contributed by atoms with E-state index in [0.717, 1.165) is 0 Å². The van der Waals surface area contributed by atoms with Gasteiger partial charge in [0, 0.05) is 10.9 Å². The Balaban J connectivity index is 2.73. The van der Waals surface area contributed by atoms with Crippen LogP contribution in [0.3, 0.4) is 0 Å². The van der Waals surface area contributed by atoms with Crippen molar-refractivity contribution in [3.8, 4) is 0 Å². The van der Waals surface area contributed by atoms with E-state index in [1.165, 1.54) is 12.1 Å². The molecule has 0 aliphatic carbocycles. The van der Waals surface area contributed by atoms with E-state index in [1.54, 1.807) is 13.0 Å². The summed E-state index contributed by atoms with van der Waals surface area (Å²) >= 11 is 3.13. The predicted octanol–water partition coefficient (Wildman–Crippen LogP) is 3.81. The zero-order chi connectivity index (χ0) is 15.3. The standard InChI is InChI=1S/C14H17BrFNO3/c1-3-14(2,8-13(19)20)7-12(18)17-11-5-4-9(15)6-10(11)16/h4-6H,3,7-8H2,1-2H3,(H,17,18)(H,19,20). The average molecular weight is 346 g/mol. The highest BCUT2D eigenvalue weighted by molar-refractivity contribution is 9.10. The van der Waals surface area contributed by atoms with Gasteiger partial charge in [-0.2, -0.15) is 0 Å². The Kier molecular flexibility index (Phi) is 5.68. The maximum absolute atomic E-state index is 13.6. The molecular weight excluding hydrogens is 329 g/mol. The number of anilines is 1. The van der Waals surface area contributed by atoms with Crippen molar-refractivity contribution in [1.82, 2.24) is 0 Å². The summed E-state index contributed by atoms with van der Waals surface area (Å²) in [5, 5.41) is 11.3. The maximum Gasteiger partial charge on any atom is 0.303 e. The third kappa shape index (κ3) is 4.92. The number of benzene rings is 1. The highest BCUT2D eigenvalue weighted by atomic mass is 79.9. The number of hydrogen-bond acceptors (Lipinski definition) is 2. The van der Waals surface area contributed by atoms with E-state index >= 15 is 0 Å². The fraction of sp³-hybridized carbons (Fsp3) is 0.429. The first kappa shape index (κ1) is 16.6. The van der Waals surface area contributed by atoms with Crippen molar-refractivity contribution in [1.29, 1.82) is 0 Å². The molecule has 1 rings (SSSR count). The number of halogens is 2. The normalized spacial score (nSPS) is 13.6. The molecule has 6 heteroatoms. The van der Waals surface area contributed by atoms with Crippen LogP contribution in [0.4, 0.5) is 10.1 Å².